The number of carbonyl (C=O) groups is 1. The van der Waals surface area contributed by atoms with Crippen LogP contribution in [-0.2, 0) is 4.79 Å². The van der Waals surface area contributed by atoms with Crippen LogP contribution in [0.25, 0.3) is 16.8 Å². The van der Waals surface area contributed by atoms with Gasteiger partial charge in [0.25, 0.3) is 0 Å². The molecule has 1 spiro atoms. The number of pyridine rings is 1. The summed E-state index contributed by atoms with van der Waals surface area (Å²) >= 11 is 0. The van der Waals surface area contributed by atoms with Crippen LogP contribution in [0.4, 0.5) is 5.82 Å². The van der Waals surface area contributed by atoms with Crippen LogP contribution in [0.15, 0.2) is 30.9 Å². The molecule has 4 heterocycles. The lowest BCUT2D eigenvalue weighted by Gasteiger charge is -2.77. The molecule has 4 aliphatic rings. The maximum atomic E-state index is 11.3. The van der Waals surface area contributed by atoms with E-state index in [0.717, 1.165) is 31.5 Å². The molecule has 10 nitrogen and oxygen atoms in total. The molecule has 3 aromatic heterocycles. The molecule has 10 heteroatoms. The normalized spacial score (nSPS) is 31.4. The smallest absolute Gasteiger partial charge is 0.207 e. The Kier molecular flexibility index (Phi) is 4.16. The summed E-state index contributed by atoms with van der Waals surface area (Å²) in [5.41, 5.74) is 1.54. The van der Waals surface area contributed by atoms with Crippen molar-refractivity contribution < 1.29 is 14.6 Å². The minimum atomic E-state index is -0.993. The van der Waals surface area contributed by atoms with Gasteiger partial charge in [0.15, 0.2) is 0 Å². The fraction of sp³-hybridized carbons (Fsp3) is 0.500. The van der Waals surface area contributed by atoms with Crippen LogP contribution in [-0.4, -0.2) is 60.9 Å². The number of carbonyl (C=O) groups excluding carboxylic acids is 1. The molecular weight excluding hydrogens is 458 g/mol. The number of nitrogens with one attached hydrogen (secondary N) is 1. The lowest BCUT2D eigenvalue weighted by Crippen LogP contribution is -2.89. The summed E-state index contributed by atoms with van der Waals surface area (Å²) in [5.74, 6) is 2.03. The number of rotatable bonds is 7. The Bertz CT molecular complexity index is 1440. The molecule has 184 valence electrons. The summed E-state index contributed by atoms with van der Waals surface area (Å²) in [5, 5.41) is 27.2. The predicted molar refractivity (Wildman–Crippen MR) is 129 cm³/mol. The van der Waals surface area contributed by atoms with E-state index in [1.807, 2.05) is 12.3 Å². The summed E-state index contributed by atoms with van der Waals surface area (Å²) < 4.78 is 7.42. The molecule has 0 radical (unpaired) electrons. The Morgan fingerprint density at radius 2 is 2.14 bits per heavy atom. The number of nitrogens with zero attached hydrogens (tertiary/aromatic N) is 6. The van der Waals surface area contributed by atoms with Crippen LogP contribution in [0.3, 0.4) is 0 Å². The second-order valence-corrected chi connectivity index (χ2v) is 11.5. The Labute approximate surface area is 207 Å². The maximum Gasteiger partial charge on any atom is 0.207 e. The fourth-order valence-electron chi connectivity index (χ4n) is 7.74. The summed E-state index contributed by atoms with van der Waals surface area (Å²) in [6, 6.07) is 4.80. The van der Waals surface area contributed by atoms with Crippen LogP contribution < -0.4 is 15.0 Å². The molecule has 3 aromatic rings. The average molecular weight is 486 g/mol. The van der Waals surface area contributed by atoms with E-state index in [0.29, 0.717) is 46.1 Å². The number of aliphatic hydroxyl groups is 1. The minimum absolute atomic E-state index is 0.0260. The van der Waals surface area contributed by atoms with Gasteiger partial charge in [0, 0.05) is 23.1 Å². The van der Waals surface area contributed by atoms with E-state index in [4.69, 9.17) is 14.7 Å². The van der Waals surface area contributed by atoms with Gasteiger partial charge in [0.05, 0.1) is 52.7 Å². The highest BCUT2D eigenvalue weighted by Crippen LogP contribution is 2.77. The van der Waals surface area contributed by atoms with Gasteiger partial charge in [0.2, 0.25) is 6.41 Å². The highest BCUT2D eigenvalue weighted by molar-refractivity contribution is 5.83. The van der Waals surface area contributed by atoms with Gasteiger partial charge < -0.3 is 20.1 Å². The van der Waals surface area contributed by atoms with Gasteiger partial charge >= 0.3 is 0 Å². The molecule has 3 saturated carbocycles. The van der Waals surface area contributed by atoms with Gasteiger partial charge in [-0.15, -0.1) is 0 Å². The molecular formula is C26H27N7O3. The molecule has 2 bridgehead atoms. The van der Waals surface area contributed by atoms with E-state index in [2.05, 4.69) is 21.4 Å². The molecule has 4 fully saturated rings. The van der Waals surface area contributed by atoms with E-state index >= 15 is 0 Å². The molecule has 0 aromatic carbocycles. The summed E-state index contributed by atoms with van der Waals surface area (Å²) in [6.07, 6.45) is 12.0. The number of hydrogen-bond donors (Lipinski definition) is 2. The average Bonchev–Trinajstić information content (AvgIpc) is 3.50. The first-order valence-electron chi connectivity index (χ1n) is 12.4. The Morgan fingerprint density at radius 1 is 1.28 bits per heavy atom. The molecule has 5 unspecified atom stereocenters. The van der Waals surface area contributed by atoms with E-state index in [9.17, 15) is 15.2 Å². The van der Waals surface area contributed by atoms with Crippen molar-refractivity contribution in [2.45, 2.75) is 62.8 Å². The van der Waals surface area contributed by atoms with Crippen molar-refractivity contribution in [1.82, 2.24) is 24.9 Å². The van der Waals surface area contributed by atoms with Crippen molar-refractivity contribution in [3.8, 4) is 23.1 Å². The first kappa shape index (κ1) is 21.6. The molecule has 2 N–H and O–H groups in total. The van der Waals surface area contributed by atoms with E-state index in [1.54, 1.807) is 30.8 Å². The molecule has 36 heavy (non-hydrogen) atoms. The predicted octanol–water partition coefficient (Wildman–Crippen LogP) is 2.06. The highest BCUT2D eigenvalue weighted by atomic mass is 16.5. The van der Waals surface area contributed by atoms with Gasteiger partial charge in [-0.2, -0.15) is 10.4 Å². The Hall–Kier alpha value is -3.71. The largest absolute Gasteiger partial charge is 0.489 e. The molecule has 1 saturated heterocycles. The monoisotopic (exact) mass is 485 g/mol. The quantitative estimate of drug-likeness (QED) is 0.487. The number of hydrogen-bond acceptors (Lipinski definition) is 8. The van der Waals surface area contributed by atoms with Crippen molar-refractivity contribution in [3.05, 3.63) is 36.4 Å². The van der Waals surface area contributed by atoms with Gasteiger partial charge in [-0.3, -0.25) is 9.78 Å². The zero-order valence-electron chi connectivity index (χ0n) is 20.2. The number of aromatic nitrogens is 4. The van der Waals surface area contributed by atoms with E-state index in [1.165, 1.54) is 12.6 Å². The summed E-state index contributed by atoms with van der Waals surface area (Å²) in [4.78, 5) is 23.3. The second-order valence-electron chi connectivity index (χ2n) is 11.5. The van der Waals surface area contributed by atoms with Crippen molar-refractivity contribution in [1.29, 1.82) is 5.26 Å². The van der Waals surface area contributed by atoms with Gasteiger partial charge in [-0.1, -0.05) is 0 Å². The first-order valence-corrected chi connectivity index (χ1v) is 12.4. The zero-order valence-corrected chi connectivity index (χ0v) is 20.2. The molecule has 7 rings (SSSR count). The fourth-order valence-corrected chi connectivity index (χ4v) is 7.74. The van der Waals surface area contributed by atoms with Gasteiger partial charge in [0.1, 0.15) is 24.2 Å². The highest BCUT2D eigenvalue weighted by Gasteiger charge is 2.84. The second kappa shape index (κ2) is 6.95. The number of piperidine rings is 1. The topological polar surface area (TPSA) is 129 Å². The van der Waals surface area contributed by atoms with Crippen LogP contribution in [0.1, 0.15) is 45.1 Å². The molecule has 1 amide bonds. The van der Waals surface area contributed by atoms with Crippen molar-refractivity contribution >= 4 is 17.7 Å². The standard InChI is InChI=1S/C26H27N7O3/c1-24(2,35)13-36-17-4-18(23-16(8-27)9-31-32(23)12-17)19-10-29-22(11-28-19)33-20-3-15-5-25(30-14-34)7-21(33)26(20,25)6-15/h4,9-12,14-15,20-21,35H,3,5-7,13H2,1-2H3,(H,30,34). The zero-order chi connectivity index (χ0) is 24.9. The summed E-state index contributed by atoms with van der Waals surface area (Å²) in [6.45, 7) is 3.46. The number of anilines is 1. The third kappa shape index (κ3) is 2.64. The Morgan fingerprint density at radius 3 is 2.86 bits per heavy atom. The number of amides is 1. The van der Waals surface area contributed by atoms with Crippen LogP contribution in [0.2, 0.25) is 0 Å². The van der Waals surface area contributed by atoms with Crippen molar-refractivity contribution in [2.75, 3.05) is 11.5 Å². The van der Waals surface area contributed by atoms with Crippen LogP contribution in [0.5, 0.6) is 5.75 Å². The van der Waals surface area contributed by atoms with Crippen LogP contribution in [0, 0.1) is 22.7 Å². The number of ether oxygens (including phenoxy) is 1. The lowest BCUT2D eigenvalue weighted by molar-refractivity contribution is -0.138. The third-order valence-electron chi connectivity index (χ3n) is 8.93. The van der Waals surface area contributed by atoms with E-state index < -0.39 is 5.60 Å². The van der Waals surface area contributed by atoms with Gasteiger partial charge in [-0.25, -0.2) is 9.50 Å². The SMILES string of the molecule is CC(C)(O)COc1cc(-c2cnc(N3C4CC5CC6(NC=O)CC3C46C5)cn2)c2c(C#N)cnn2c1. The molecule has 1 aliphatic heterocycles. The third-order valence-corrected chi connectivity index (χ3v) is 8.93. The van der Waals surface area contributed by atoms with Gasteiger partial charge in [-0.05, 0) is 51.5 Å². The van der Waals surface area contributed by atoms with E-state index in [-0.39, 0.29) is 17.6 Å². The Balaban J connectivity index is 1.21. The minimum Gasteiger partial charge on any atom is -0.489 e. The molecule has 3 aliphatic carbocycles. The lowest BCUT2D eigenvalue weighted by atomic mass is 9.43. The van der Waals surface area contributed by atoms with Crippen molar-refractivity contribution in [3.63, 3.8) is 0 Å². The number of fused-ring (bicyclic) bond motifs is 2. The van der Waals surface area contributed by atoms with Crippen molar-refractivity contribution in [2.24, 2.45) is 11.3 Å². The summed E-state index contributed by atoms with van der Waals surface area (Å²) in [7, 11) is 0. The maximum absolute atomic E-state index is 11.3. The van der Waals surface area contributed by atoms with Crippen LogP contribution >= 0.6 is 0 Å². The first-order chi connectivity index (χ1) is 17.3. The molecule has 5 atom stereocenters. The number of nitriles is 1.